The lowest BCUT2D eigenvalue weighted by Crippen LogP contribution is -2.38. The quantitative estimate of drug-likeness (QED) is 0.320. The maximum absolute atomic E-state index is 12.9. The minimum atomic E-state index is -0.0871. The number of benzene rings is 2. The zero-order valence-electron chi connectivity index (χ0n) is 21.3. The van der Waals surface area contributed by atoms with Gasteiger partial charge in [0.2, 0.25) is 5.88 Å². The van der Waals surface area contributed by atoms with Gasteiger partial charge in [-0.2, -0.15) is 0 Å². The number of H-pyrrole nitrogens is 1. The van der Waals surface area contributed by atoms with Crippen LogP contribution in [0.15, 0.2) is 54.7 Å². The van der Waals surface area contributed by atoms with Gasteiger partial charge in [-0.3, -0.25) is 4.79 Å². The molecule has 0 unspecified atom stereocenters. The number of piperidine rings is 1. The summed E-state index contributed by atoms with van der Waals surface area (Å²) in [5.74, 6) is 1.57. The number of aromatic hydroxyl groups is 1. The molecule has 8 heteroatoms. The summed E-state index contributed by atoms with van der Waals surface area (Å²) in [6.07, 6.45) is 5.10. The lowest BCUT2D eigenvalue weighted by molar-refractivity contribution is 0.0936. The van der Waals surface area contributed by atoms with Crippen LogP contribution in [0.5, 0.6) is 11.6 Å². The zero-order valence-corrected chi connectivity index (χ0v) is 21.3. The number of ether oxygens (including phenoxy) is 1. The number of hydrogen-bond donors (Lipinski definition) is 3. The van der Waals surface area contributed by atoms with Crippen LogP contribution in [0.3, 0.4) is 0 Å². The van der Waals surface area contributed by atoms with E-state index in [1.807, 2.05) is 30.3 Å². The first-order valence-corrected chi connectivity index (χ1v) is 12.9. The predicted octanol–water partition coefficient (Wildman–Crippen LogP) is 4.86. The van der Waals surface area contributed by atoms with Crippen LogP contribution in [0.1, 0.15) is 36.5 Å². The fourth-order valence-electron chi connectivity index (χ4n) is 5.01. The number of pyridine rings is 1. The third-order valence-electron chi connectivity index (χ3n) is 7.07. The maximum Gasteiger partial charge on any atom is 0.251 e. The molecule has 1 aliphatic heterocycles. The Bertz CT molecular complexity index is 1390. The molecule has 0 spiro atoms. The number of aromatic amines is 1. The van der Waals surface area contributed by atoms with E-state index < -0.39 is 0 Å². The van der Waals surface area contributed by atoms with Gasteiger partial charge in [0, 0.05) is 23.9 Å². The minimum absolute atomic E-state index is 0.0871. The van der Waals surface area contributed by atoms with Gasteiger partial charge in [-0.1, -0.05) is 13.0 Å². The summed E-state index contributed by atoms with van der Waals surface area (Å²) in [5.41, 5.74) is 4.25. The van der Waals surface area contributed by atoms with E-state index in [4.69, 9.17) is 9.72 Å². The van der Waals surface area contributed by atoms with Gasteiger partial charge in [0.05, 0.1) is 23.7 Å². The molecule has 1 saturated heterocycles. The van der Waals surface area contributed by atoms with E-state index in [1.54, 1.807) is 31.5 Å². The Morgan fingerprint density at radius 3 is 2.78 bits per heavy atom. The zero-order chi connectivity index (χ0) is 25.8. The Balaban J connectivity index is 1.32. The van der Waals surface area contributed by atoms with Crippen molar-refractivity contribution >= 4 is 16.9 Å². The standard InChI is InChI=1S/C29H33N5O3/c1-3-13-34-14-10-19(11-15-34)18-31-28(36)21-6-8-24-25(17-21)33-27(32-24)23-16-20(7-9-26(23)35)22-5-4-12-30-29(22)37-2/h4-9,12,16-17,19,35H,3,10-11,13-15,18H2,1-2H3,(H,31,36)(H,32,33). The molecule has 0 bridgehead atoms. The summed E-state index contributed by atoms with van der Waals surface area (Å²) in [6, 6.07) is 14.5. The molecule has 3 heterocycles. The first kappa shape index (κ1) is 24.8. The second-order valence-corrected chi connectivity index (χ2v) is 9.60. The van der Waals surface area contributed by atoms with Crippen LogP contribution in [-0.4, -0.2) is 64.2 Å². The van der Waals surface area contributed by atoms with E-state index in [0.29, 0.717) is 40.8 Å². The molecule has 2 aromatic carbocycles. The van der Waals surface area contributed by atoms with Gasteiger partial charge in [0.1, 0.15) is 11.6 Å². The molecule has 8 nitrogen and oxygen atoms in total. The Kier molecular flexibility index (Phi) is 7.37. The third kappa shape index (κ3) is 5.44. The number of nitrogens with zero attached hydrogens (tertiary/aromatic N) is 3. The predicted molar refractivity (Wildman–Crippen MR) is 145 cm³/mol. The summed E-state index contributed by atoms with van der Waals surface area (Å²) < 4.78 is 5.40. The van der Waals surface area contributed by atoms with Crippen molar-refractivity contribution < 1.29 is 14.6 Å². The van der Waals surface area contributed by atoms with Gasteiger partial charge in [-0.05, 0) is 92.8 Å². The van der Waals surface area contributed by atoms with Crippen molar-refractivity contribution in [1.29, 1.82) is 0 Å². The molecule has 37 heavy (non-hydrogen) atoms. The summed E-state index contributed by atoms with van der Waals surface area (Å²) >= 11 is 0. The number of fused-ring (bicyclic) bond motifs is 1. The number of carbonyl (C=O) groups is 1. The Hall–Kier alpha value is -3.91. The van der Waals surface area contributed by atoms with Crippen molar-refractivity contribution in [2.75, 3.05) is 33.3 Å². The lowest BCUT2D eigenvalue weighted by atomic mass is 9.96. The molecular weight excluding hydrogens is 466 g/mol. The fraction of sp³-hybridized carbons (Fsp3) is 0.345. The van der Waals surface area contributed by atoms with Crippen LogP contribution >= 0.6 is 0 Å². The van der Waals surface area contributed by atoms with E-state index in [0.717, 1.165) is 49.1 Å². The van der Waals surface area contributed by atoms with Crippen molar-refractivity contribution in [1.82, 2.24) is 25.2 Å². The lowest BCUT2D eigenvalue weighted by Gasteiger charge is -2.31. The van der Waals surface area contributed by atoms with Crippen molar-refractivity contribution in [2.45, 2.75) is 26.2 Å². The molecule has 0 radical (unpaired) electrons. The monoisotopic (exact) mass is 499 g/mol. The van der Waals surface area contributed by atoms with Gasteiger partial charge in [-0.15, -0.1) is 0 Å². The van der Waals surface area contributed by atoms with Gasteiger partial charge >= 0.3 is 0 Å². The number of phenols is 1. The highest BCUT2D eigenvalue weighted by Crippen LogP contribution is 2.35. The number of carbonyl (C=O) groups excluding carboxylic acids is 1. The molecule has 1 amide bonds. The van der Waals surface area contributed by atoms with Crippen LogP contribution in [-0.2, 0) is 0 Å². The number of phenolic OH excluding ortho intramolecular Hbond substituents is 1. The number of amides is 1. The van der Waals surface area contributed by atoms with Gasteiger partial charge in [0.25, 0.3) is 5.91 Å². The van der Waals surface area contributed by atoms with Crippen LogP contribution < -0.4 is 10.1 Å². The van der Waals surface area contributed by atoms with Crippen molar-refractivity contribution in [2.24, 2.45) is 5.92 Å². The molecule has 0 saturated carbocycles. The number of likely N-dealkylation sites (tertiary alicyclic amines) is 1. The number of methoxy groups -OCH3 is 1. The summed E-state index contributed by atoms with van der Waals surface area (Å²) in [4.78, 5) is 27.6. The number of rotatable bonds is 8. The molecule has 1 fully saturated rings. The number of hydrogen-bond acceptors (Lipinski definition) is 6. The molecule has 1 aliphatic rings. The van der Waals surface area contributed by atoms with Crippen LogP contribution in [0.2, 0.25) is 0 Å². The highest BCUT2D eigenvalue weighted by molar-refractivity contribution is 5.97. The molecule has 2 aromatic heterocycles. The average molecular weight is 500 g/mol. The molecule has 3 N–H and O–H groups in total. The highest BCUT2D eigenvalue weighted by atomic mass is 16.5. The molecule has 0 atom stereocenters. The number of imidazole rings is 1. The summed E-state index contributed by atoms with van der Waals surface area (Å²) in [6.45, 7) is 6.28. The van der Waals surface area contributed by atoms with Gasteiger partial charge < -0.3 is 25.0 Å². The first-order valence-electron chi connectivity index (χ1n) is 12.9. The summed E-state index contributed by atoms with van der Waals surface area (Å²) in [5, 5.41) is 13.7. The van der Waals surface area contributed by atoms with Crippen molar-refractivity contribution in [3.05, 3.63) is 60.3 Å². The summed E-state index contributed by atoms with van der Waals surface area (Å²) in [7, 11) is 1.58. The van der Waals surface area contributed by atoms with Crippen LogP contribution in [0.4, 0.5) is 0 Å². The second kappa shape index (κ2) is 11.0. The first-order chi connectivity index (χ1) is 18.1. The Labute approximate surface area is 216 Å². The molecule has 0 aliphatic carbocycles. The Morgan fingerprint density at radius 2 is 2.00 bits per heavy atom. The SMILES string of the molecule is CCCN1CCC(CNC(=O)c2ccc3[nH]c(-c4cc(-c5cccnc5OC)ccc4O)nc3c2)CC1. The van der Waals surface area contributed by atoms with E-state index in [9.17, 15) is 9.90 Å². The van der Waals surface area contributed by atoms with Gasteiger partial charge in [0.15, 0.2) is 0 Å². The number of nitrogens with one attached hydrogen (secondary N) is 2. The van der Waals surface area contributed by atoms with Crippen LogP contribution in [0.25, 0.3) is 33.5 Å². The molecular formula is C29H33N5O3. The molecule has 4 aromatic rings. The Morgan fingerprint density at radius 1 is 1.16 bits per heavy atom. The van der Waals surface area contributed by atoms with Crippen molar-refractivity contribution in [3.63, 3.8) is 0 Å². The maximum atomic E-state index is 12.9. The van der Waals surface area contributed by atoms with E-state index in [1.165, 1.54) is 6.42 Å². The molecule has 192 valence electrons. The largest absolute Gasteiger partial charge is 0.507 e. The van der Waals surface area contributed by atoms with Crippen LogP contribution in [0, 0.1) is 5.92 Å². The van der Waals surface area contributed by atoms with Gasteiger partial charge in [-0.25, -0.2) is 9.97 Å². The van der Waals surface area contributed by atoms with E-state index >= 15 is 0 Å². The highest BCUT2D eigenvalue weighted by Gasteiger charge is 2.20. The normalized spacial score (nSPS) is 14.6. The second-order valence-electron chi connectivity index (χ2n) is 9.60. The van der Waals surface area contributed by atoms with E-state index in [-0.39, 0.29) is 11.7 Å². The smallest absolute Gasteiger partial charge is 0.251 e. The van der Waals surface area contributed by atoms with Crippen molar-refractivity contribution in [3.8, 4) is 34.1 Å². The minimum Gasteiger partial charge on any atom is -0.507 e. The third-order valence-corrected chi connectivity index (χ3v) is 7.07. The topological polar surface area (TPSA) is 103 Å². The molecule has 5 rings (SSSR count). The fourth-order valence-corrected chi connectivity index (χ4v) is 5.01. The average Bonchev–Trinajstić information content (AvgIpc) is 3.36. The number of aromatic nitrogens is 3. The van der Waals surface area contributed by atoms with E-state index in [2.05, 4.69) is 27.1 Å².